The van der Waals surface area contributed by atoms with Gasteiger partial charge < -0.3 is 10.8 Å². The number of carboxylic acid groups (broad SMARTS) is 1. The molecule has 3 unspecified atom stereocenters. The van der Waals surface area contributed by atoms with Crippen LogP contribution < -0.4 is 10.5 Å². The third kappa shape index (κ3) is 5.66. The molecule has 1 heterocycles. The van der Waals surface area contributed by atoms with Crippen LogP contribution in [-0.2, 0) is 19.6 Å². The van der Waals surface area contributed by atoms with E-state index in [2.05, 4.69) is 4.72 Å². The Kier molecular flexibility index (Phi) is 6.21. The summed E-state index contributed by atoms with van der Waals surface area (Å²) in [5.41, 5.74) is 3.02. The summed E-state index contributed by atoms with van der Waals surface area (Å²) >= 11 is 0. The zero-order valence-corrected chi connectivity index (χ0v) is 15.8. The van der Waals surface area contributed by atoms with Crippen LogP contribution in [0.1, 0.15) is 46.5 Å². The van der Waals surface area contributed by atoms with Gasteiger partial charge in [-0.05, 0) is 24.7 Å². The van der Waals surface area contributed by atoms with Crippen LogP contribution in [0.25, 0.3) is 0 Å². The van der Waals surface area contributed by atoms with E-state index in [1.807, 2.05) is 26.8 Å². The van der Waals surface area contributed by atoms with Gasteiger partial charge in [0.05, 0.1) is 12.7 Å². The van der Waals surface area contributed by atoms with Gasteiger partial charge in [0.15, 0.2) is 5.66 Å². The highest BCUT2D eigenvalue weighted by molar-refractivity contribution is 7.88. The van der Waals surface area contributed by atoms with E-state index in [1.54, 1.807) is 0 Å². The number of carboxylic acids is 1. The topological polar surface area (TPSA) is 154 Å². The molecule has 0 bridgehead atoms. The van der Waals surface area contributed by atoms with Crippen molar-refractivity contribution in [2.45, 2.75) is 64.2 Å². The molecule has 1 aliphatic heterocycles. The zero-order chi connectivity index (χ0) is 19.6. The number of hydrogen-bond acceptors (Lipinski definition) is 6. The van der Waals surface area contributed by atoms with Crippen LogP contribution in [0.5, 0.6) is 0 Å². The maximum absolute atomic E-state index is 11.8. The Balaban J connectivity index is 3.48. The van der Waals surface area contributed by atoms with Gasteiger partial charge in [0.2, 0.25) is 15.9 Å². The van der Waals surface area contributed by atoms with E-state index in [4.69, 9.17) is 5.73 Å². The van der Waals surface area contributed by atoms with Crippen molar-refractivity contribution in [3.8, 4) is 6.07 Å². The molecule has 1 amide bonds. The van der Waals surface area contributed by atoms with Crippen LogP contribution in [-0.4, -0.2) is 54.3 Å². The molecule has 25 heavy (non-hydrogen) atoms. The zero-order valence-electron chi connectivity index (χ0n) is 14.9. The van der Waals surface area contributed by atoms with E-state index in [0.29, 0.717) is 12.8 Å². The molecular weight excluding hydrogens is 348 g/mol. The monoisotopic (exact) mass is 374 g/mol. The molecule has 0 aliphatic carbocycles. The molecule has 1 saturated heterocycles. The minimum Gasteiger partial charge on any atom is -0.480 e. The number of aliphatic carboxylic acids is 1. The summed E-state index contributed by atoms with van der Waals surface area (Å²) < 4.78 is 25.8. The first-order valence-corrected chi connectivity index (χ1v) is 9.80. The van der Waals surface area contributed by atoms with Gasteiger partial charge in [-0.1, -0.05) is 20.8 Å². The SMILES string of the molecule is CC(C)(C)CC1CCC(C(=O)O)N1C(C#N)(CC(N)=O)NS(C)(=O)=O. The number of primary amides is 1. The van der Waals surface area contributed by atoms with Crippen LogP contribution in [0.2, 0.25) is 0 Å². The van der Waals surface area contributed by atoms with Crippen molar-refractivity contribution >= 4 is 21.9 Å². The number of carbonyl (C=O) groups is 2. The summed E-state index contributed by atoms with van der Waals surface area (Å²) in [5.74, 6) is -2.07. The van der Waals surface area contributed by atoms with Gasteiger partial charge in [-0.2, -0.15) is 9.98 Å². The lowest BCUT2D eigenvalue weighted by Gasteiger charge is -2.42. The predicted molar refractivity (Wildman–Crippen MR) is 90.5 cm³/mol. The molecule has 142 valence electrons. The molecule has 1 rings (SSSR count). The predicted octanol–water partition coefficient (Wildman–Crippen LogP) is -0.0153. The number of amides is 1. The Morgan fingerprint density at radius 1 is 1.36 bits per heavy atom. The van der Waals surface area contributed by atoms with Gasteiger partial charge >= 0.3 is 5.97 Å². The van der Waals surface area contributed by atoms with E-state index >= 15 is 0 Å². The molecular formula is C15H26N4O5S. The Labute approximate surface area is 148 Å². The molecule has 9 nitrogen and oxygen atoms in total. The molecule has 0 spiro atoms. The van der Waals surface area contributed by atoms with Crippen LogP contribution in [0, 0.1) is 16.7 Å². The maximum Gasteiger partial charge on any atom is 0.321 e. The molecule has 0 aromatic rings. The normalized spacial score (nSPS) is 24.4. The highest BCUT2D eigenvalue weighted by Crippen LogP contribution is 2.38. The summed E-state index contributed by atoms with van der Waals surface area (Å²) in [6.45, 7) is 5.89. The Morgan fingerprint density at radius 3 is 2.28 bits per heavy atom. The van der Waals surface area contributed by atoms with E-state index < -0.39 is 40.0 Å². The second-order valence-corrected chi connectivity index (χ2v) is 9.50. The van der Waals surface area contributed by atoms with Crippen molar-refractivity contribution in [2.75, 3.05) is 6.26 Å². The lowest BCUT2D eigenvalue weighted by molar-refractivity contribution is -0.146. The van der Waals surface area contributed by atoms with E-state index in [-0.39, 0.29) is 17.9 Å². The molecule has 0 aromatic carbocycles. The summed E-state index contributed by atoms with van der Waals surface area (Å²) in [4.78, 5) is 24.6. The van der Waals surface area contributed by atoms with Crippen LogP contribution in [0.3, 0.4) is 0 Å². The number of nitrogens with one attached hydrogen (secondary N) is 1. The van der Waals surface area contributed by atoms with Gasteiger partial charge in [0.1, 0.15) is 12.1 Å². The second-order valence-electron chi connectivity index (χ2n) is 7.75. The second kappa shape index (κ2) is 7.27. The molecule has 1 fully saturated rings. The number of likely N-dealkylation sites (tertiary alicyclic amines) is 1. The first kappa shape index (κ1) is 21.3. The van der Waals surface area contributed by atoms with Gasteiger partial charge in [0.25, 0.3) is 0 Å². The Morgan fingerprint density at radius 2 is 1.92 bits per heavy atom. The Bertz CT molecular complexity index is 679. The van der Waals surface area contributed by atoms with E-state index in [0.717, 1.165) is 6.26 Å². The summed E-state index contributed by atoms with van der Waals surface area (Å²) in [7, 11) is -3.91. The van der Waals surface area contributed by atoms with Crippen molar-refractivity contribution in [1.82, 2.24) is 9.62 Å². The fraction of sp³-hybridized carbons (Fsp3) is 0.800. The number of sulfonamides is 1. The lowest BCUT2D eigenvalue weighted by atomic mass is 9.86. The lowest BCUT2D eigenvalue weighted by Crippen LogP contribution is -2.65. The van der Waals surface area contributed by atoms with Crippen molar-refractivity contribution in [3.05, 3.63) is 0 Å². The average molecular weight is 374 g/mol. The number of nitrogens with zero attached hydrogens (tertiary/aromatic N) is 2. The van der Waals surface area contributed by atoms with Crippen molar-refractivity contribution in [3.63, 3.8) is 0 Å². The highest BCUT2D eigenvalue weighted by atomic mass is 32.2. The Hall–Kier alpha value is -1.70. The third-order valence-electron chi connectivity index (χ3n) is 4.05. The first-order chi connectivity index (χ1) is 11.2. The highest BCUT2D eigenvalue weighted by Gasteiger charge is 2.53. The van der Waals surface area contributed by atoms with Crippen molar-refractivity contribution in [1.29, 1.82) is 5.26 Å². The largest absolute Gasteiger partial charge is 0.480 e. The number of rotatable bonds is 7. The first-order valence-electron chi connectivity index (χ1n) is 7.90. The minimum atomic E-state index is -3.91. The molecule has 3 atom stereocenters. The van der Waals surface area contributed by atoms with Gasteiger partial charge in [-0.3, -0.25) is 14.5 Å². The number of nitriles is 1. The molecule has 0 saturated carbocycles. The third-order valence-corrected chi connectivity index (χ3v) is 4.75. The van der Waals surface area contributed by atoms with Gasteiger partial charge in [-0.25, -0.2) is 8.42 Å². The van der Waals surface area contributed by atoms with Crippen molar-refractivity contribution in [2.24, 2.45) is 11.1 Å². The maximum atomic E-state index is 11.8. The average Bonchev–Trinajstić information content (AvgIpc) is 2.77. The summed E-state index contributed by atoms with van der Waals surface area (Å²) in [6.07, 6.45) is 1.47. The van der Waals surface area contributed by atoms with Crippen LogP contribution >= 0.6 is 0 Å². The minimum absolute atomic E-state index is 0.185. The fourth-order valence-corrected chi connectivity index (χ4v) is 4.31. The number of carbonyl (C=O) groups excluding carboxylic acids is 1. The van der Waals surface area contributed by atoms with Gasteiger partial charge in [0, 0.05) is 6.04 Å². The molecule has 4 N–H and O–H groups in total. The smallest absolute Gasteiger partial charge is 0.321 e. The number of hydrogen-bond donors (Lipinski definition) is 3. The fourth-order valence-electron chi connectivity index (χ4n) is 3.47. The van der Waals surface area contributed by atoms with Crippen molar-refractivity contribution < 1.29 is 23.1 Å². The quantitative estimate of drug-likeness (QED) is 0.566. The molecule has 0 aromatic heterocycles. The van der Waals surface area contributed by atoms with Gasteiger partial charge in [-0.15, -0.1) is 0 Å². The van der Waals surface area contributed by atoms with E-state index in [9.17, 15) is 28.4 Å². The van der Waals surface area contributed by atoms with Crippen LogP contribution in [0.15, 0.2) is 0 Å². The molecule has 1 aliphatic rings. The molecule has 0 radical (unpaired) electrons. The standard InChI is InChI=1S/C15H26N4O5S/c1-14(2,3)7-10-5-6-11(13(21)22)19(10)15(9-16,8-12(17)20)18-25(4,23)24/h10-11,18H,5-8H2,1-4H3,(H2,17,20)(H,21,22). The van der Waals surface area contributed by atoms with Crippen LogP contribution in [0.4, 0.5) is 0 Å². The number of nitrogens with two attached hydrogens (primary N) is 1. The molecule has 10 heteroatoms. The summed E-state index contributed by atoms with van der Waals surface area (Å²) in [5, 5.41) is 19.3. The summed E-state index contributed by atoms with van der Waals surface area (Å²) in [6, 6.07) is 0.354. The van der Waals surface area contributed by atoms with E-state index in [1.165, 1.54) is 4.90 Å².